The molecule has 6 heteroatoms. The summed E-state index contributed by atoms with van der Waals surface area (Å²) >= 11 is 6.41. The van der Waals surface area contributed by atoms with Gasteiger partial charge in [-0.05, 0) is 23.8 Å². The van der Waals surface area contributed by atoms with Gasteiger partial charge >= 0.3 is 0 Å². The van der Waals surface area contributed by atoms with Gasteiger partial charge < -0.3 is 5.32 Å². The van der Waals surface area contributed by atoms with Gasteiger partial charge in [0.1, 0.15) is 5.65 Å². The lowest BCUT2D eigenvalue weighted by atomic mass is 10.0. The lowest BCUT2D eigenvalue weighted by Gasteiger charge is -2.36. The second-order valence-corrected chi connectivity index (χ2v) is 6.63. The lowest BCUT2D eigenvalue weighted by molar-refractivity contribution is 0.152. The topological polar surface area (TPSA) is 49.6 Å². The van der Waals surface area contributed by atoms with Crippen molar-refractivity contribution in [2.75, 3.05) is 19.6 Å². The van der Waals surface area contributed by atoms with Crippen LogP contribution in [0.25, 0.3) is 5.65 Å². The van der Waals surface area contributed by atoms with E-state index in [-0.39, 0.29) is 11.6 Å². The third-order valence-corrected chi connectivity index (χ3v) is 4.95. The molecule has 3 aromatic rings. The smallest absolute Gasteiger partial charge is 0.258 e. The largest absolute Gasteiger partial charge is 0.314 e. The van der Waals surface area contributed by atoms with Crippen LogP contribution in [-0.4, -0.2) is 33.9 Å². The van der Waals surface area contributed by atoms with Gasteiger partial charge in [-0.15, -0.1) is 0 Å². The van der Waals surface area contributed by atoms with Crippen LogP contribution < -0.4 is 10.9 Å². The zero-order valence-electron chi connectivity index (χ0n) is 13.7. The van der Waals surface area contributed by atoms with E-state index in [1.807, 2.05) is 36.4 Å². The Labute approximate surface area is 150 Å². The molecule has 25 heavy (non-hydrogen) atoms. The van der Waals surface area contributed by atoms with Crippen molar-refractivity contribution in [1.82, 2.24) is 19.6 Å². The summed E-state index contributed by atoms with van der Waals surface area (Å²) in [5.41, 5.74) is 2.52. The van der Waals surface area contributed by atoms with Gasteiger partial charge in [-0.3, -0.25) is 14.1 Å². The van der Waals surface area contributed by atoms with Crippen molar-refractivity contribution in [2.24, 2.45) is 0 Å². The van der Waals surface area contributed by atoms with Gasteiger partial charge in [0.2, 0.25) is 0 Å². The Morgan fingerprint density at radius 3 is 2.92 bits per heavy atom. The van der Waals surface area contributed by atoms with E-state index in [4.69, 9.17) is 11.6 Å². The predicted molar refractivity (Wildman–Crippen MR) is 98.9 cm³/mol. The molecule has 128 valence electrons. The molecule has 5 nitrogen and oxygen atoms in total. The van der Waals surface area contributed by atoms with Crippen molar-refractivity contribution in [1.29, 1.82) is 0 Å². The SMILES string of the molecule is O=c1cc(CN2CCNCC2c2ccccc2Cl)nc2ccccn12. The van der Waals surface area contributed by atoms with E-state index in [0.717, 1.165) is 35.9 Å². The Morgan fingerprint density at radius 2 is 2.04 bits per heavy atom. The number of rotatable bonds is 3. The zero-order chi connectivity index (χ0) is 17.2. The summed E-state index contributed by atoms with van der Waals surface area (Å²) in [4.78, 5) is 19.3. The monoisotopic (exact) mass is 354 g/mol. The minimum Gasteiger partial charge on any atom is -0.314 e. The van der Waals surface area contributed by atoms with Crippen molar-refractivity contribution >= 4 is 17.2 Å². The summed E-state index contributed by atoms with van der Waals surface area (Å²) < 4.78 is 1.56. The van der Waals surface area contributed by atoms with E-state index in [9.17, 15) is 4.79 Å². The van der Waals surface area contributed by atoms with Gasteiger partial charge in [0.15, 0.2) is 0 Å². The molecule has 0 radical (unpaired) electrons. The molecule has 2 aromatic heterocycles. The average Bonchev–Trinajstić information content (AvgIpc) is 2.63. The third-order valence-electron chi connectivity index (χ3n) is 4.61. The molecular weight excluding hydrogens is 336 g/mol. The van der Waals surface area contributed by atoms with Crippen molar-refractivity contribution < 1.29 is 0 Å². The maximum absolute atomic E-state index is 12.3. The lowest BCUT2D eigenvalue weighted by Crippen LogP contribution is -2.45. The quantitative estimate of drug-likeness (QED) is 0.785. The molecule has 0 amide bonds. The third kappa shape index (κ3) is 3.31. The van der Waals surface area contributed by atoms with Crippen molar-refractivity contribution in [2.45, 2.75) is 12.6 Å². The Kier molecular flexibility index (Phi) is 4.53. The molecule has 1 atom stereocenters. The first kappa shape index (κ1) is 16.3. The van der Waals surface area contributed by atoms with Crippen LogP contribution in [0.1, 0.15) is 17.3 Å². The molecule has 0 aliphatic carbocycles. The molecule has 1 aromatic carbocycles. The molecule has 1 aliphatic heterocycles. The number of piperazine rings is 1. The second kappa shape index (κ2) is 6.96. The van der Waals surface area contributed by atoms with Crippen LogP contribution in [-0.2, 0) is 6.54 Å². The van der Waals surface area contributed by atoms with Crippen LogP contribution in [0.5, 0.6) is 0 Å². The van der Waals surface area contributed by atoms with Gasteiger partial charge in [-0.25, -0.2) is 4.98 Å². The van der Waals surface area contributed by atoms with E-state index in [2.05, 4.69) is 21.3 Å². The first-order chi connectivity index (χ1) is 12.2. The molecule has 3 heterocycles. The van der Waals surface area contributed by atoms with Gasteiger partial charge in [0, 0.05) is 49.5 Å². The first-order valence-corrected chi connectivity index (χ1v) is 8.77. The Balaban J connectivity index is 1.66. The van der Waals surface area contributed by atoms with E-state index < -0.39 is 0 Å². The molecule has 1 fully saturated rings. The number of fused-ring (bicyclic) bond motifs is 1. The Bertz CT molecular complexity index is 955. The van der Waals surface area contributed by atoms with Crippen LogP contribution in [0, 0.1) is 0 Å². The molecule has 0 bridgehead atoms. The van der Waals surface area contributed by atoms with Crippen LogP contribution in [0.4, 0.5) is 0 Å². The van der Waals surface area contributed by atoms with Crippen LogP contribution >= 0.6 is 11.6 Å². The van der Waals surface area contributed by atoms with Crippen molar-refractivity contribution in [3.05, 3.63) is 81.4 Å². The molecule has 1 saturated heterocycles. The summed E-state index contributed by atoms with van der Waals surface area (Å²) in [5, 5.41) is 4.20. The molecule has 0 saturated carbocycles. The number of nitrogens with one attached hydrogen (secondary N) is 1. The molecule has 1 aliphatic rings. The highest BCUT2D eigenvalue weighted by Crippen LogP contribution is 2.29. The van der Waals surface area contributed by atoms with Gasteiger partial charge in [-0.2, -0.15) is 0 Å². The van der Waals surface area contributed by atoms with E-state index in [1.165, 1.54) is 0 Å². The van der Waals surface area contributed by atoms with Crippen LogP contribution in [0.2, 0.25) is 5.02 Å². The van der Waals surface area contributed by atoms with Crippen molar-refractivity contribution in [3.8, 4) is 0 Å². The highest BCUT2D eigenvalue weighted by atomic mass is 35.5. The fraction of sp³-hybridized carbons (Fsp3) is 0.263. The summed E-state index contributed by atoms with van der Waals surface area (Å²) in [6.07, 6.45) is 1.74. The van der Waals surface area contributed by atoms with Gasteiger partial charge in [0.05, 0.1) is 5.69 Å². The summed E-state index contributed by atoms with van der Waals surface area (Å²) in [6, 6.07) is 15.3. The minimum absolute atomic E-state index is 0.0509. The number of nitrogens with zero attached hydrogens (tertiary/aromatic N) is 3. The maximum atomic E-state index is 12.3. The number of halogens is 1. The number of pyridine rings is 1. The fourth-order valence-corrected chi connectivity index (χ4v) is 3.64. The molecule has 1 N–H and O–H groups in total. The minimum atomic E-state index is -0.0509. The van der Waals surface area contributed by atoms with Gasteiger partial charge in [0.25, 0.3) is 5.56 Å². The normalized spacial score (nSPS) is 18.5. The van der Waals surface area contributed by atoms with Crippen LogP contribution in [0.3, 0.4) is 0 Å². The Morgan fingerprint density at radius 1 is 1.20 bits per heavy atom. The fourth-order valence-electron chi connectivity index (χ4n) is 3.38. The number of hydrogen-bond donors (Lipinski definition) is 1. The maximum Gasteiger partial charge on any atom is 0.258 e. The van der Waals surface area contributed by atoms with Gasteiger partial charge in [-0.1, -0.05) is 35.9 Å². The zero-order valence-corrected chi connectivity index (χ0v) is 14.5. The predicted octanol–water partition coefficient (Wildman–Crippen LogP) is 2.49. The molecular formula is C19H19ClN4O. The second-order valence-electron chi connectivity index (χ2n) is 6.23. The summed E-state index contributed by atoms with van der Waals surface area (Å²) in [7, 11) is 0. The molecule has 0 spiro atoms. The summed E-state index contributed by atoms with van der Waals surface area (Å²) in [5.74, 6) is 0. The number of benzene rings is 1. The number of hydrogen-bond acceptors (Lipinski definition) is 4. The highest BCUT2D eigenvalue weighted by Gasteiger charge is 2.25. The van der Waals surface area contributed by atoms with E-state index >= 15 is 0 Å². The average molecular weight is 355 g/mol. The van der Waals surface area contributed by atoms with Crippen LogP contribution in [0.15, 0.2) is 59.5 Å². The standard InChI is InChI=1S/C19H19ClN4O/c20-16-6-2-1-5-15(16)17-12-21-8-10-23(17)13-14-11-19(25)24-9-4-3-7-18(24)22-14/h1-7,9,11,17,21H,8,10,12-13H2. The molecule has 4 rings (SSSR count). The van der Waals surface area contributed by atoms with E-state index in [1.54, 1.807) is 16.7 Å². The molecule has 1 unspecified atom stereocenters. The summed E-state index contributed by atoms with van der Waals surface area (Å²) in [6.45, 7) is 3.24. The highest BCUT2D eigenvalue weighted by molar-refractivity contribution is 6.31. The number of aromatic nitrogens is 2. The van der Waals surface area contributed by atoms with E-state index in [0.29, 0.717) is 12.2 Å². The first-order valence-electron chi connectivity index (χ1n) is 8.39. The van der Waals surface area contributed by atoms with Crippen molar-refractivity contribution in [3.63, 3.8) is 0 Å². The Hall–Kier alpha value is -2.21.